The van der Waals surface area contributed by atoms with E-state index < -0.39 is 21.9 Å². The van der Waals surface area contributed by atoms with Crippen LogP contribution in [0.1, 0.15) is 34.7 Å². The summed E-state index contributed by atoms with van der Waals surface area (Å²) in [6.45, 7) is 0. The third-order valence-electron chi connectivity index (χ3n) is 4.61. The van der Waals surface area contributed by atoms with Gasteiger partial charge in [0.25, 0.3) is 10.0 Å². The minimum absolute atomic E-state index is 0.00650. The van der Waals surface area contributed by atoms with Crippen LogP contribution in [-0.4, -0.2) is 35.4 Å². The predicted octanol–water partition coefficient (Wildman–Crippen LogP) is 2.99. The number of carbonyl (C=O) groups excluding carboxylic acids is 1. The lowest BCUT2D eigenvalue weighted by atomic mass is 10.0. The molecule has 0 bridgehead atoms. The lowest BCUT2D eigenvalue weighted by molar-refractivity contribution is 0.0599. The average Bonchev–Trinajstić information content (AvgIpc) is 3.47. The fourth-order valence-electron chi connectivity index (χ4n) is 3.18. The van der Waals surface area contributed by atoms with Crippen LogP contribution in [0.15, 0.2) is 53.9 Å². The number of hydrogen-bond acceptors (Lipinski definition) is 6. The Morgan fingerprint density at radius 1 is 1.25 bits per heavy atom. The average molecular weight is 401 g/mol. The van der Waals surface area contributed by atoms with Crippen molar-refractivity contribution in [2.45, 2.75) is 23.7 Å². The quantitative estimate of drug-likeness (QED) is 0.482. The monoisotopic (exact) mass is 401 g/mol. The van der Waals surface area contributed by atoms with Gasteiger partial charge in [0.2, 0.25) is 5.95 Å². The van der Waals surface area contributed by atoms with E-state index in [1.807, 2.05) is 0 Å². The summed E-state index contributed by atoms with van der Waals surface area (Å²) >= 11 is 0. The van der Waals surface area contributed by atoms with E-state index in [4.69, 9.17) is 4.74 Å². The standard InChI is InChI=1S/C19H16FN3O4S/c1-27-19(24)15-11-23(28(25,26)13-4-2-8-21-10-13)17(16(15)12-6-7-12)14-5-3-9-22-18(14)20/h2-5,8-12H,6-7H2,1H3. The van der Waals surface area contributed by atoms with Crippen molar-refractivity contribution in [3.63, 3.8) is 0 Å². The molecule has 1 saturated carbocycles. The third kappa shape index (κ3) is 2.97. The van der Waals surface area contributed by atoms with Crippen LogP contribution < -0.4 is 0 Å². The molecule has 0 amide bonds. The van der Waals surface area contributed by atoms with Crippen LogP contribution in [0.2, 0.25) is 0 Å². The first kappa shape index (κ1) is 18.3. The highest BCUT2D eigenvalue weighted by molar-refractivity contribution is 7.90. The molecular weight excluding hydrogens is 385 g/mol. The molecule has 4 rings (SSSR count). The fraction of sp³-hybridized carbons (Fsp3) is 0.211. The summed E-state index contributed by atoms with van der Waals surface area (Å²) in [5.41, 5.74) is 0.673. The molecule has 144 valence electrons. The van der Waals surface area contributed by atoms with Crippen molar-refractivity contribution in [2.75, 3.05) is 7.11 Å². The summed E-state index contributed by atoms with van der Waals surface area (Å²) in [7, 11) is -2.91. The Hall–Kier alpha value is -3.07. The van der Waals surface area contributed by atoms with Crippen molar-refractivity contribution in [3.05, 3.63) is 66.1 Å². The number of rotatable bonds is 5. The molecule has 0 radical (unpaired) electrons. The second kappa shape index (κ2) is 6.83. The van der Waals surface area contributed by atoms with Gasteiger partial charge in [0.1, 0.15) is 4.90 Å². The minimum Gasteiger partial charge on any atom is -0.465 e. The Kier molecular flexibility index (Phi) is 4.46. The Balaban J connectivity index is 2.06. The van der Waals surface area contributed by atoms with Gasteiger partial charge in [0, 0.05) is 24.8 Å². The molecule has 0 spiro atoms. The van der Waals surface area contributed by atoms with E-state index in [9.17, 15) is 17.6 Å². The normalized spacial score (nSPS) is 14.1. The number of hydrogen-bond donors (Lipinski definition) is 0. The molecule has 0 saturated heterocycles. The zero-order chi connectivity index (χ0) is 19.9. The zero-order valence-electron chi connectivity index (χ0n) is 14.9. The molecule has 9 heteroatoms. The highest BCUT2D eigenvalue weighted by atomic mass is 32.2. The molecule has 1 aliphatic rings. The van der Waals surface area contributed by atoms with Gasteiger partial charge < -0.3 is 4.74 Å². The van der Waals surface area contributed by atoms with Crippen molar-refractivity contribution < 1.29 is 22.3 Å². The molecule has 0 unspecified atom stereocenters. The number of pyridine rings is 2. The van der Waals surface area contributed by atoms with Crippen LogP contribution >= 0.6 is 0 Å². The van der Waals surface area contributed by atoms with Gasteiger partial charge in [-0.1, -0.05) is 0 Å². The topological polar surface area (TPSA) is 91.2 Å². The number of esters is 1. The van der Waals surface area contributed by atoms with Gasteiger partial charge in [-0.25, -0.2) is 22.2 Å². The summed E-state index contributed by atoms with van der Waals surface area (Å²) in [6, 6.07) is 5.84. The number of aromatic nitrogens is 3. The Morgan fingerprint density at radius 2 is 2.00 bits per heavy atom. The van der Waals surface area contributed by atoms with E-state index in [1.165, 1.54) is 56.2 Å². The van der Waals surface area contributed by atoms with Gasteiger partial charge in [-0.2, -0.15) is 4.39 Å². The molecule has 0 aromatic carbocycles. The summed E-state index contributed by atoms with van der Waals surface area (Å²) in [6.07, 6.45) is 6.67. The molecule has 1 fully saturated rings. The Labute approximate surface area is 160 Å². The van der Waals surface area contributed by atoms with Gasteiger partial charge in [0.15, 0.2) is 0 Å². The highest BCUT2D eigenvalue weighted by Crippen LogP contribution is 2.48. The fourth-order valence-corrected chi connectivity index (χ4v) is 4.54. The maximum Gasteiger partial charge on any atom is 0.339 e. The molecule has 3 aromatic heterocycles. The zero-order valence-corrected chi connectivity index (χ0v) is 15.7. The third-order valence-corrected chi connectivity index (χ3v) is 6.25. The molecule has 3 aromatic rings. The molecular formula is C19H16FN3O4S. The summed E-state index contributed by atoms with van der Waals surface area (Å²) in [4.78, 5) is 19.8. The van der Waals surface area contributed by atoms with Gasteiger partial charge in [-0.15, -0.1) is 0 Å². The molecule has 28 heavy (non-hydrogen) atoms. The van der Waals surface area contributed by atoms with Crippen molar-refractivity contribution in [3.8, 4) is 11.3 Å². The van der Waals surface area contributed by atoms with Gasteiger partial charge in [-0.05, 0) is 48.6 Å². The summed E-state index contributed by atoms with van der Waals surface area (Å²) in [5, 5.41) is 0. The molecule has 7 nitrogen and oxygen atoms in total. The second-order valence-corrected chi connectivity index (χ2v) is 8.22. The van der Waals surface area contributed by atoms with E-state index in [-0.39, 0.29) is 27.6 Å². The first-order valence-corrected chi connectivity index (χ1v) is 9.99. The SMILES string of the molecule is COC(=O)c1cn(S(=O)(=O)c2cccnc2)c(-c2cccnc2F)c1C1CC1. The maximum absolute atomic E-state index is 14.6. The summed E-state index contributed by atoms with van der Waals surface area (Å²) in [5.74, 6) is -1.54. The van der Waals surface area contributed by atoms with Crippen LogP contribution in [0.5, 0.6) is 0 Å². The number of ether oxygens (including phenoxy) is 1. The smallest absolute Gasteiger partial charge is 0.339 e. The number of methoxy groups -OCH3 is 1. The van der Waals surface area contributed by atoms with Gasteiger partial charge in [0.05, 0.1) is 23.9 Å². The lowest BCUT2D eigenvalue weighted by Gasteiger charge is -2.12. The van der Waals surface area contributed by atoms with Crippen molar-refractivity contribution >= 4 is 16.0 Å². The minimum atomic E-state index is -4.13. The van der Waals surface area contributed by atoms with Crippen LogP contribution in [0.3, 0.4) is 0 Å². The highest BCUT2D eigenvalue weighted by Gasteiger charge is 2.38. The number of halogens is 1. The largest absolute Gasteiger partial charge is 0.465 e. The van der Waals surface area contributed by atoms with Crippen molar-refractivity contribution in [1.29, 1.82) is 0 Å². The van der Waals surface area contributed by atoms with E-state index in [2.05, 4.69) is 9.97 Å². The van der Waals surface area contributed by atoms with Crippen molar-refractivity contribution in [1.82, 2.24) is 13.9 Å². The molecule has 0 N–H and O–H groups in total. The van der Waals surface area contributed by atoms with E-state index >= 15 is 0 Å². The predicted molar refractivity (Wildman–Crippen MR) is 97.8 cm³/mol. The summed E-state index contributed by atoms with van der Waals surface area (Å²) < 4.78 is 46.9. The lowest BCUT2D eigenvalue weighted by Crippen LogP contribution is -2.14. The molecule has 0 atom stereocenters. The molecule has 3 heterocycles. The van der Waals surface area contributed by atoms with Crippen LogP contribution in [0.25, 0.3) is 11.3 Å². The number of carbonyl (C=O) groups is 1. The van der Waals surface area contributed by atoms with Gasteiger partial charge in [-0.3, -0.25) is 4.98 Å². The van der Waals surface area contributed by atoms with Crippen molar-refractivity contribution in [2.24, 2.45) is 0 Å². The molecule has 1 aliphatic carbocycles. The van der Waals surface area contributed by atoms with Crippen LogP contribution in [-0.2, 0) is 14.8 Å². The Morgan fingerprint density at radius 3 is 2.61 bits per heavy atom. The van der Waals surface area contributed by atoms with E-state index in [0.717, 1.165) is 16.8 Å². The van der Waals surface area contributed by atoms with E-state index in [0.29, 0.717) is 5.56 Å². The van der Waals surface area contributed by atoms with Crippen LogP contribution in [0.4, 0.5) is 4.39 Å². The number of nitrogens with zero attached hydrogens (tertiary/aromatic N) is 3. The second-order valence-electron chi connectivity index (χ2n) is 6.40. The van der Waals surface area contributed by atoms with Gasteiger partial charge >= 0.3 is 5.97 Å². The first-order chi connectivity index (χ1) is 13.4. The van der Waals surface area contributed by atoms with Crippen LogP contribution in [0, 0.1) is 5.95 Å². The first-order valence-electron chi connectivity index (χ1n) is 8.55. The Bertz CT molecular complexity index is 1160. The van der Waals surface area contributed by atoms with E-state index in [1.54, 1.807) is 0 Å². The maximum atomic E-state index is 14.6. The molecule has 0 aliphatic heterocycles.